The van der Waals surface area contributed by atoms with Gasteiger partial charge in [-0.1, -0.05) is 0 Å². The second kappa shape index (κ2) is 3.01. The molecule has 1 N–H and O–H groups in total. The Morgan fingerprint density at radius 3 is 3.36 bits per heavy atom. The molecule has 58 valence electrons. The number of carboxylic acids is 1. The van der Waals surface area contributed by atoms with Gasteiger partial charge in [0.15, 0.2) is 0 Å². The minimum Gasteiger partial charge on any atom is -0.480 e. The fraction of sp³-hybridized carbons (Fsp3) is 0.143. The van der Waals surface area contributed by atoms with E-state index in [1.54, 1.807) is 0 Å². The van der Waals surface area contributed by atoms with Crippen LogP contribution in [0.2, 0.25) is 0 Å². The molecule has 0 bridgehead atoms. The van der Waals surface area contributed by atoms with Crippen LogP contribution < -0.4 is 4.74 Å². The normalized spacial score (nSPS) is 14.4. The maximum absolute atomic E-state index is 10.6. The number of pyridine rings is 1. The number of hydrogen-bond donors (Lipinski definition) is 1. The summed E-state index contributed by atoms with van der Waals surface area (Å²) in [7, 11) is -2.70. The van der Waals surface area contributed by atoms with Gasteiger partial charge in [-0.05, 0) is 12.1 Å². The van der Waals surface area contributed by atoms with Gasteiger partial charge in [-0.3, -0.25) is 0 Å². The molecule has 0 atom stereocenters. The number of rotatable bonds is 2. The number of nitrogens with zero attached hydrogens (tertiary/aromatic N) is 1. The second-order valence-corrected chi connectivity index (χ2v) is 1.76. The van der Waals surface area contributed by atoms with Crippen molar-refractivity contribution in [1.82, 2.24) is 4.98 Å². The zero-order valence-electron chi connectivity index (χ0n) is 8.44. The third-order valence-corrected chi connectivity index (χ3v) is 1.10. The van der Waals surface area contributed by atoms with Crippen LogP contribution in [0.4, 0.5) is 0 Å². The number of aromatic carboxylic acids is 1. The van der Waals surface area contributed by atoms with Crippen molar-refractivity contribution < 1.29 is 18.8 Å². The molecule has 0 aromatic carbocycles. The van der Waals surface area contributed by atoms with Gasteiger partial charge in [0.2, 0.25) is 5.88 Å². The van der Waals surface area contributed by atoms with Gasteiger partial charge in [-0.15, -0.1) is 0 Å². The summed E-state index contributed by atoms with van der Waals surface area (Å²) in [4.78, 5) is 14.1. The molecule has 0 aliphatic heterocycles. The molecule has 0 spiro atoms. The highest BCUT2D eigenvalue weighted by Gasteiger charge is 2.09. The third-order valence-electron chi connectivity index (χ3n) is 1.10. The SMILES string of the molecule is [2H]C([2H])([2H])Oc1ncccc1C(=O)O. The molecule has 0 fully saturated rings. The third kappa shape index (κ3) is 1.46. The van der Waals surface area contributed by atoms with Crippen LogP contribution in [0.1, 0.15) is 14.5 Å². The van der Waals surface area contributed by atoms with Crippen LogP contribution in [0, 0.1) is 0 Å². The molecule has 1 rings (SSSR count). The van der Waals surface area contributed by atoms with E-state index in [4.69, 9.17) is 9.22 Å². The Kier molecular flexibility index (Phi) is 1.18. The van der Waals surface area contributed by atoms with Crippen molar-refractivity contribution in [3.05, 3.63) is 23.9 Å². The van der Waals surface area contributed by atoms with Gasteiger partial charge >= 0.3 is 5.97 Å². The smallest absolute Gasteiger partial charge is 0.341 e. The molecule has 0 aliphatic rings. The zero-order chi connectivity index (χ0) is 10.8. The summed E-state index contributed by atoms with van der Waals surface area (Å²) in [5.74, 6) is -1.68. The van der Waals surface area contributed by atoms with E-state index < -0.39 is 18.9 Å². The van der Waals surface area contributed by atoms with Crippen molar-refractivity contribution >= 4 is 5.97 Å². The van der Waals surface area contributed by atoms with Crippen molar-refractivity contribution in [2.75, 3.05) is 7.04 Å². The molecule has 11 heavy (non-hydrogen) atoms. The molecule has 4 heteroatoms. The minimum atomic E-state index is -2.70. The Labute approximate surface area is 67.7 Å². The van der Waals surface area contributed by atoms with Crippen LogP contribution >= 0.6 is 0 Å². The van der Waals surface area contributed by atoms with Crippen LogP contribution in [0.3, 0.4) is 0 Å². The van der Waals surface area contributed by atoms with E-state index in [-0.39, 0.29) is 5.56 Å². The Morgan fingerprint density at radius 1 is 1.91 bits per heavy atom. The van der Waals surface area contributed by atoms with Crippen LogP contribution in [0.5, 0.6) is 5.88 Å². The van der Waals surface area contributed by atoms with Crippen LogP contribution in [-0.2, 0) is 0 Å². The summed E-state index contributed by atoms with van der Waals surface area (Å²) in [5, 5.41) is 8.66. The first-order chi connectivity index (χ1) is 6.40. The topological polar surface area (TPSA) is 59.4 Å². The number of ether oxygens (including phenoxy) is 1. The summed E-state index contributed by atoms with van der Waals surface area (Å²) < 4.78 is 24.8. The number of methoxy groups -OCH3 is 1. The number of carbonyl (C=O) groups is 1. The summed E-state index contributed by atoms with van der Waals surface area (Å²) >= 11 is 0. The van der Waals surface area contributed by atoms with Crippen molar-refractivity contribution in [3.8, 4) is 5.88 Å². The second-order valence-electron chi connectivity index (χ2n) is 1.76. The lowest BCUT2D eigenvalue weighted by molar-refractivity contribution is 0.0692. The maximum atomic E-state index is 10.6. The highest BCUT2D eigenvalue weighted by molar-refractivity contribution is 5.89. The van der Waals surface area contributed by atoms with Gasteiger partial charge in [-0.2, -0.15) is 0 Å². The molecule has 4 nitrogen and oxygen atoms in total. The Bertz CT molecular complexity index is 350. The largest absolute Gasteiger partial charge is 0.480 e. The van der Waals surface area contributed by atoms with Gasteiger partial charge in [-0.25, -0.2) is 9.78 Å². The van der Waals surface area contributed by atoms with Gasteiger partial charge in [0.1, 0.15) is 5.56 Å². The number of carboxylic acid groups (broad SMARTS) is 1. The molecular weight excluding hydrogens is 146 g/mol. The monoisotopic (exact) mass is 156 g/mol. The Morgan fingerprint density at radius 2 is 2.73 bits per heavy atom. The Balaban J connectivity index is 3.02. The first-order valence-electron chi connectivity index (χ1n) is 4.27. The molecule has 0 aliphatic carbocycles. The molecule has 1 aromatic rings. The highest BCUT2D eigenvalue weighted by atomic mass is 16.5. The van der Waals surface area contributed by atoms with E-state index in [1.807, 2.05) is 0 Å². The lowest BCUT2D eigenvalue weighted by atomic mass is 10.3. The van der Waals surface area contributed by atoms with Crippen LogP contribution in [0.15, 0.2) is 18.3 Å². The summed E-state index contributed by atoms with van der Waals surface area (Å²) in [6.07, 6.45) is 1.26. The summed E-state index contributed by atoms with van der Waals surface area (Å²) in [6.45, 7) is 0. The van der Waals surface area contributed by atoms with E-state index in [0.29, 0.717) is 0 Å². The quantitative estimate of drug-likeness (QED) is 0.687. The first-order valence-corrected chi connectivity index (χ1v) is 2.77. The van der Waals surface area contributed by atoms with Gasteiger partial charge in [0, 0.05) is 6.20 Å². The average molecular weight is 156 g/mol. The number of aromatic nitrogens is 1. The summed E-state index contributed by atoms with van der Waals surface area (Å²) in [6, 6.07) is 2.60. The molecule has 0 radical (unpaired) electrons. The first kappa shape index (κ1) is 4.33. The van der Waals surface area contributed by atoms with Crippen LogP contribution in [-0.4, -0.2) is 23.1 Å². The minimum absolute atomic E-state index is 0.274. The van der Waals surface area contributed by atoms with E-state index in [0.717, 1.165) is 0 Å². The van der Waals surface area contributed by atoms with Gasteiger partial charge < -0.3 is 9.84 Å². The fourth-order valence-corrected chi connectivity index (χ4v) is 0.635. The molecule has 0 amide bonds. The van der Waals surface area contributed by atoms with E-state index in [2.05, 4.69) is 9.72 Å². The lowest BCUT2D eigenvalue weighted by Gasteiger charge is -2.00. The molecule has 0 saturated heterocycles. The lowest BCUT2D eigenvalue weighted by Crippen LogP contribution is -2.01. The van der Waals surface area contributed by atoms with Gasteiger partial charge in [0.05, 0.1) is 11.2 Å². The predicted molar refractivity (Wildman–Crippen MR) is 37.7 cm³/mol. The van der Waals surface area contributed by atoms with Crippen LogP contribution in [0.25, 0.3) is 0 Å². The van der Waals surface area contributed by atoms with Crippen molar-refractivity contribution in [1.29, 1.82) is 0 Å². The molecule has 0 saturated carbocycles. The molecule has 1 aromatic heterocycles. The average Bonchev–Trinajstić information content (AvgIpc) is 2.01. The fourth-order valence-electron chi connectivity index (χ4n) is 0.635. The maximum Gasteiger partial charge on any atom is 0.341 e. The molecule has 0 unspecified atom stereocenters. The van der Waals surface area contributed by atoms with E-state index in [9.17, 15) is 4.79 Å². The predicted octanol–water partition coefficient (Wildman–Crippen LogP) is 0.788. The highest BCUT2D eigenvalue weighted by Crippen LogP contribution is 2.12. The standard InChI is InChI=1S/C7H7NO3/c1-11-6-5(7(9)10)3-2-4-8-6/h2-4H,1H3,(H,9,10)/i1D3. The number of hydrogen-bond acceptors (Lipinski definition) is 3. The van der Waals surface area contributed by atoms with E-state index >= 15 is 0 Å². The van der Waals surface area contributed by atoms with E-state index in [1.165, 1.54) is 18.3 Å². The van der Waals surface area contributed by atoms with Crippen molar-refractivity contribution in [2.45, 2.75) is 0 Å². The molecule has 1 heterocycles. The van der Waals surface area contributed by atoms with Crippen molar-refractivity contribution in [3.63, 3.8) is 0 Å². The Hall–Kier alpha value is -1.58. The zero-order valence-corrected chi connectivity index (χ0v) is 5.44. The summed E-state index contributed by atoms with van der Waals surface area (Å²) in [5.41, 5.74) is -0.274. The molecular formula is C7H7NO3. The van der Waals surface area contributed by atoms with Crippen molar-refractivity contribution in [2.24, 2.45) is 0 Å². The van der Waals surface area contributed by atoms with Gasteiger partial charge in [0.25, 0.3) is 0 Å².